The summed E-state index contributed by atoms with van der Waals surface area (Å²) in [6.07, 6.45) is 4.54. The molecule has 0 amide bonds. The Kier molecular flexibility index (Phi) is 3.16. The predicted molar refractivity (Wildman–Crippen MR) is 42.1 cm³/mol. The van der Waals surface area contributed by atoms with E-state index in [9.17, 15) is 0 Å². The van der Waals surface area contributed by atoms with Crippen LogP contribution in [0.25, 0.3) is 0 Å². The summed E-state index contributed by atoms with van der Waals surface area (Å²) in [4.78, 5) is 2.15. The van der Waals surface area contributed by atoms with Crippen LogP contribution in [0.2, 0.25) is 0 Å². The maximum Gasteiger partial charge on any atom is 0.0596 e. The highest BCUT2D eigenvalue weighted by Crippen LogP contribution is 2.21. The average molecular weight is 143 g/mol. The van der Waals surface area contributed by atoms with E-state index < -0.39 is 0 Å². The smallest absolute Gasteiger partial charge is 0.0596 e. The quantitative estimate of drug-likeness (QED) is 0.584. The molecule has 10 heavy (non-hydrogen) atoms. The number of hydrogen-bond acceptors (Lipinski definition) is 2. The van der Waals surface area contributed by atoms with Crippen molar-refractivity contribution in [3.05, 3.63) is 0 Å². The Bertz CT molecular complexity index is 89.3. The largest absolute Gasteiger partial charge is 0.377 e. The van der Waals surface area contributed by atoms with E-state index >= 15 is 0 Å². The van der Waals surface area contributed by atoms with Crippen molar-refractivity contribution >= 4 is 0 Å². The molecule has 0 aromatic heterocycles. The van der Waals surface area contributed by atoms with E-state index in [2.05, 4.69) is 19.0 Å². The Morgan fingerprint density at radius 3 is 2.50 bits per heavy atom. The van der Waals surface area contributed by atoms with Crippen molar-refractivity contribution in [1.29, 1.82) is 0 Å². The van der Waals surface area contributed by atoms with Gasteiger partial charge in [-0.1, -0.05) is 0 Å². The highest BCUT2D eigenvalue weighted by Gasteiger charge is 2.16. The summed E-state index contributed by atoms with van der Waals surface area (Å²) in [5.41, 5.74) is 0. The molecule has 0 atom stereocenters. The van der Waals surface area contributed by atoms with Gasteiger partial charge in [0.15, 0.2) is 0 Å². The molecule has 0 heterocycles. The van der Waals surface area contributed by atoms with Crippen LogP contribution in [0.1, 0.15) is 19.3 Å². The molecule has 0 N–H and O–H groups in total. The van der Waals surface area contributed by atoms with Gasteiger partial charge in [0.05, 0.1) is 12.7 Å². The van der Waals surface area contributed by atoms with Gasteiger partial charge in [-0.3, -0.25) is 0 Å². The van der Waals surface area contributed by atoms with Crippen LogP contribution in [0.15, 0.2) is 0 Å². The molecule has 0 radical (unpaired) electrons. The first-order chi connectivity index (χ1) is 4.79. The van der Waals surface area contributed by atoms with Crippen LogP contribution in [0, 0.1) is 0 Å². The third-order valence-corrected chi connectivity index (χ3v) is 1.94. The van der Waals surface area contributed by atoms with E-state index in [0.717, 1.165) is 13.2 Å². The first-order valence-electron chi connectivity index (χ1n) is 4.05. The second kappa shape index (κ2) is 3.94. The summed E-state index contributed by atoms with van der Waals surface area (Å²) < 4.78 is 5.55. The molecule has 0 spiro atoms. The summed E-state index contributed by atoms with van der Waals surface area (Å²) >= 11 is 0. The van der Waals surface area contributed by atoms with E-state index in [1.807, 2.05) is 0 Å². The SMILES string of the molecule is CN(C)CCOC1CCC1. The lowest BCUT2D eigenvalue weighted by Gasteiger charge is -2.26. The Balaban J connectivity index is 1.85. The van der Waals surface area contributed by atoms with Gasteiger partial charge < -0.3 is 9.64 Å². The van der Waals surface area contributed by atoms with Gasteiger partial charge in [0.25, 0.3) is 0 Å². The summed E-state index contributed by atoms with van der Waals surface area (Å²) in [6, 6.07) is 0. The molecule has 0 aromatic rings. The molecule has 0 bridgehead atoms. The normalized spacial score (nSPS) is 19.5. The van der Waals surface area contributed by atoms with Crippen LogP contribution in [0.4, 0.5) is 0 Å². The average Bonchev–Trinajstić information content (AvgIpc) is 1.75. The molecule has 1 saturated carbocycles. The zero-order chi connectivity index (χ0) is 7.40. The second-order valence-corrected chi connectivity index (χ2v) is 3.23. The highest BCUT2D eigenvalue weighted by molar-refractivity contribution is 4.68. The van der Waals surface area contributed by atoms with Crippen LogP contribution in [0.3, 0.4) is 0 Å². The van der Waals surface area contributed by atoms with Crippen molar-refractivity contribution in [3.8, 4) is 0 Å². The lowest BCUT2D eigenvalue weighted by molar-refractivity contribution is -0.00319. The van der Waals surface area contributed by atoms with Crippen molar-refractivity contribution in [3.63, 3.8) is 0 Å². The summed E-state index contributed by atoms with van der Waals surface area (Å²) in [5.74, 6) is 0. The lowest BCUT2D eigenvalue weighted by atomic mass is 9.96. The fourth-order valence-electron chi connectivity index (χ4n) is 0.939. The number of ether oxygens (including phenoxy) is 1. The van der Waals surface area contributed by atoms with Gasteiger partial charge in [-0.05, 0) is 33.4 Å². The third kappa shape index (κ3) is 2.67. The molecular weight excluding hydrogens is 126 g/mol. The maximum atomic E-state index is 5.55. The van der Waals surface area contributed by atoms with Crippen LogP contribution in [-0.2, 0) is 4.74 Å². The Hall–Kier alpha value is -0.0800. The fraction of sp³-hybridized carbons (Fsp3) is 1.00. The molecule has 1 aliphatic rings. The van der Waals surface area contributed by atoms with Crippen molar-refractivity contribution in [2.24, 2.45) is 0 Å². The Morgan fingerprint density at radius 2 is 2.10 bits per heavy atom. The summed E-state index contributed by atoms with van der Waals surface area (Å²) in [7, 11) is 4.15. The Morgan fingerprint density at radius 1 is 1.40 bits per heavy atom. The van der Waals surface area contributed by atoms with Crippen LogP contribution >= 0.6 is 0 Å². The lowest BCUT2D eigenvalue weighted by Crippen LogP contribution is -2.26. The van der Waals surface area contributed by atoms with Crippen molar-refractivity contribution in [2.75, 3.05) is 27.2 Å². The first kappa shape index (κ1) is 8.02. The Labute approximate surface area is 63.2 Å². The minimum atomic E-state index is 0.597. The van der Waals surface area contributed by atoms with Crippen molar-refractivity contribution in [1.82, 2.24) is 4.90 Å². The highest BCUT2D eigenvalue weighted by atomic mass is 16.5. The van der Waals surface area contributed by atoms with Gasteiger partial charge in [-0.2, -0.15) is 0 Å². The number of likely N-dealkylation sites (N-methyl/N-ethyl adjacent to an activating group) is 1. The van der Waals surface area contributed by atoms with Crippen molar-refractivity contribution < 1.29 is 4.74 Å². The van der Waals surface area contributed by atoms with Crippen LogP contribution in [0.5, 0.6) is 0 Å². The molecule has 0 unspecified atom stereocenters. The van der Waals surface area contributed by atoms with Gasteiger partial charge in [-0.25, -0.2) is 0 Å². The monoisotopic (exact) mass is 143 g/mol. The van der Waals surface area contributed by atoms with Gasteiger partial charge in [0.2, 0.25) is 0 Å². The van der Waals surface area contributed by atoms with E-state index in [-0.39, 0.29) is 0 Å². The molecule has 0 saturated heterocycles. The summed E-state index contributed by atoms with van der Waals surface area (Å²) in [6.45, 7) is 1.95. The van der Waals surface area contributed by atoms with Crippen LogP contribution < -0.4 is 0 Å². The number of rotatable bonds is 4. The van der Waals surface area contributed by atoms with Crippen molar-refractivity contribution in [2.45, 2.75) is 25.4 Å². The molecule has 1 fully saturated rings. The fourth-order valence-corrected chi connectivity index (χ4v) is 0.939. The summed E-state index contributed by atoms with van der Waals surface area (Å²) in [5, 5.41) is 0. The first-order valence-corrected chi connectivity index (χ1v) is 4.05. The molecule has 2 nitrogen and oxygen atoms in total. The maximum absolute atomic E-state index is 5.55. The number of hydrogen-bond donors (Lipinski definition) is 0. The third-order valence-electron chi connectivity index (χ3n) is 1.94. The minimum Gasteiger partial charge on any atom is -0.377 e. The zero-order valence-corrected chi connectivity index (χ0v) is 6.97. The van der Waals surface area contributed by atoms with Gasteiger partial charge in [-0.15, -0.1) is 0 Å². The van der Waals surface area contributed by atoms with Crippen LogP contribution in [-0.4, -0.2) is 38.3 Å². The zero-order valence-electron chi connectivity index (χ0n) is 6.97. The number of nitrogens with zero attached hydrogens (tertiary/aromatic N) is 1. The topological polar surface area (TPSA) is 12.5 Å². The van der Waals surface area contributed by atoms with E-state index in [1.54, 1.807) is 0 Å². The van der Waals surface area contributed by atoms with Gasteiger partial charge in [0, 0.05) is 6.54 Å². The van der Waals surface area contributed by atoms with E-state index in [4.69, 9.17) is 4.74 Å². The second-order valence-electron chi connectivity index (χ2n) is 3.23. The molecule has 1 aliphatic carbocycles. The van der Waals surface area contributed by atoms with E-state index in [0.29, 0.717) is 6.10 Å². The van der Waals surface area contributed by atoms with Gasteiger partial charge in [0.1, 0.15) is 0 Å². The molecule has 0 aromatic carbocycles. The molecule has 0 aliphatic heterocycles. The minimum absolute atomic E-state index is 0.597. The standard InChI is InChI=1S/C8H17NO/c1-9(2)6-7-10-8-4-3-5-8/h8H,3-7H2,1-2H3. The molecule has 60 valence electrons. The van der Waals surface area contributed by atoms with Gasteiger partial charge >= 0.3 is 0 Å². The molecule has 2 heteroatoms. The molecular formula is C8H17NO. The van der Waals surface area contributed by atoms with E-state index in [1.165, 1.54) is 19.3 Å². The molecule has 1 rings (SSSR count). The predicted octanol–water partition coefficient (Wildman–Crippen LogP) is 1.12.